The molecule has 0 aromatic heterocycles. The monoisotopic (exact) mass is 424 g/mol. The van der Waals surface area contributed by atoms with E-state index in [2.05, 4.69) is 18.8 Å². The summed E-state index contributed by atoms with van der Waals surface area (Å²) < 4.78 is 55.2. The molecule has 160 valence electrons. The third kappa shape index (κ3) is 4.93. The minimum Gasteiger partial charge on any atom is -0.206 e. The molecule has 4 heteroatoms. The average molecular weight is 424 g/mol. The molecule has 0 heterocycles. The maximum Gasteiger partial charge on any atom is 0.195 e. The van der Waals surface area contributed by atoms with Crippen molar-refractivity contribution in [1.82, 2.24) is 0 Å². The zero-order valence-electron chi connectivity index (χ0n) is 17.5. The summed E-state index contributed by atoms with van der Waals surface area (Å²) in [4.78, 5) is 0. The van der Waals surface area contributed by atoms with Crippen LogP contribution >= 0.6 is 0 Å². The van der Waals surface area contributed by atoms with Crippen LogP contribution in [0.25, 0.3) is 10.8 Å². The lowest BCUT2D eigenvalue weighted by Crippen LogP contribution is -2.12. The van der Waals surface area contributed by atoms with Gasteiger partial charge in [-0.2, -0.15) is 0 Å². The molecule has 1 saturated carbocycles. The number of hydrogen-bond donors (Lipinski definition) is 0. The lowest BCUT2D eigenvalue weighted by molar-refractivity contribution is 0.277. The van der Waals surface area contributed by atoms with Gasteiger partial charge in [0.15, 0.2) is 17.5 Å². The molecule has 0 bridgehead atoms. The number of benzene rings is 3. The van der Waals surface area contributed by atoms with Gasteiger partial charge in [0.1, 0.15) is 5.82 Å². The predicted molar refractivity (Wildman–Crippen MR) is 116 cm³/mol. The van der Waals surface area contributed by atoms with Crippen LogP contribution in [0.5, 0.6) is 0 Å². The Labute approximate surface area is 180 Å². The highest BCUT2D eigenvalue weighted by atomic mass is 19.2. The molecule has 0 saturated heterocycles. The lowest BCUT2D eigenvalue weighted by Gasteiger charge is -2.26. The molecule has 0 N–H and O–H groups in total. The molecule has 31 heavy (non-hydrogen) atoms. The molecule has 0 radical (unpaired) electrons. The third-order valence-electron chi connectivity index (χ3n) is 6.32. The van der Waals surface area contributed by atoms with E-state index in [1.165, 1.54) is 43.9 Å². The first kappa shape index (κ1) is 21.4. The highest BCUT2D eigenvalue weighted by Gasteiger charge is 2.18. The van der Waals surface area contributed by atoms with E-state index < -0.39 is 17.5 Å². The Hall–Kier alpha value is -2.80. The summed E-state index contributed by atoms with van der Waals surface area (Å²) in [6, 6.07) is 10.4. The summed E-state index contributed by atoms with van der Waals surface area (Å²) >= 11 is 0. The molecule has 1 aliphatic rings. The second-order valence-electron chi connectivity index (χ2n) is 8.65. The molecular formula is C27H24F4. The van der Waals surface area contributed by atoms with Gasteiger partial charge in [-0.3, -0.25) is 0 Å². The second-order valence-corrected chi connectivity index (χ2v) is 8.65. The van der Waals surface area contributed by atoms with Crippen molar-refractivity contribution in [3.63, 3.8) is 0 Å². The third-order valence-corrected chi connectivity index (χ3v) is 6.32. The van der Waals surface area contributed by atoms with Crippen molar-refractivity contribution in [3.8, 4) is 11.8 Å². The fourth-order valence-electron chi connectivity index (χ4n) is 4.33. The van der Waals surface area contributed by atoms with Gasteiger partial charge in [-0.05, 0) is 66.0 Å². The van der Waals surface area contributed by atoms with E-state index in [1.807, 2.05) is 6.07 Å². The summed E-state index contributed by atoms with van der Waals surface area (Å²) in [6.45, 7) is 2.31. The van der Waals surface area contributed by atoms with Crippen LogP contribution in [0.1, 0.15) is 55.7 Å². The Morgan fingerprint density at radius 2 is 1.58 bits per heavy atom. The van der Waals surface area contributed by atoms with Crippen molar-refractivity contribution < 1.29 is 17.6 Å². The van der Waals surface area contributed by atoms with E-state index in [0.717, 1.165) is 36.3 Å². The van der Waals surface area contributed by atoms with E-state index in [9.17, 15) is 17.6 Å². The molecule has 1 aliphatic carbocycles. The predicted octanol–water partition coefficient (Wildman–Crippen LogP) is 7.55. The molecule has 0 nitrogen and oxygen atoms in total. The minimum absolute atomic E-state index is 0.0209. The van der Waals surface area contributed by atoms with Gasteiger partial charge in [0.25, 0.3) is 0 Å². The number of halogens is 4. The summed E-state index contributed by atoms with van der Waals surface area (Å²) in [6.07, 6.45) is 7.05. The molecule has 3 aromatic carbocycles. The summed E-state index contributed by atoms with van der Waals surface area (Å²) in [7, 11) is 0. The standard InChI is InChI=1S/C27H24F4/c1-17-2-4-18(5-3-17)6-7-20-9-12-21(24(28)15-20)11-8-19-10-13-23-22(14-19)16-25(29)27(31)26(23)30/h9-10,12-18H,2-7H2,1H3. The number of hydrogen-bond acceptors (Lipinski definition) is 0. The topological polar surface area (TPSA) is 0 Å². The molecule has 4 rings (SSSR count). The summed E-state index contributed by atoms with van der Waals surface area (Å²) in [5.74, 6) is 2.83. The molecule has 0 atom stereocenters. The van der Waals surface area contributed by atoms with Crippen molar-refractivity contribution in [2.75, 3.05) is 0 Å². The van der Waals surface area contributed by atoms with Gasteiger partial charge in [-0.1, -0.05) is 56.6 Å². The summed E-state index contributed by atoms with van der Waals surface area (Å²) in [5.41, 5.74) is 1.71. The van der Waals surface area contributed by atoms with Crippen LogP contribution in [-0.2, 0) is 6.42 Å². The molecular weight excluding hydrogens is 400 g/mol. The Kier molecular flexibility index (Phi) is 6.32. The van der Waals surface area contributed by atoms with E-state index in [1.54, 1.807) is 12.1 Å². The fourth-order valence-corrected chi connectivity index (χ4v) is 4.33. The van der Waals surface area contributed by atoms with Crippen molar-refractivity contribution in [3.05, 3.63) is 82.4 Å². The van der Waals surface area contributed by atoms with E-state index in [-0.39, 0.29) is 22.2 Å². The number of fused-ring (bicyclic) bond motifs is 1. The minimum atomic E-state index is -1.49. The van der Waals surface area contributed by atoms with Gasteiger partial charge in [0.05, 0.1) is 5.56 Å². The van der Waals surface area contributed by atoms with Crippen molar-refractivity contribution in [1.29, 1.82) is 0 Å². The smallest absolute Gasteiger partial charge is 0.195 e. The molecule has 0 aliphatic heterocycles. The Morgan fingerprint density at radius 3 is 2.32 bits per heavy atom. The van der Waals surface area contributed by atoms with Crippen molar-refractivity contribution >= 4 is 10.8 Å². The highest BCUT2D eigenvalue weighted by molar-refractivity contribution is 5.84. The van der Waals surface area contributed by atoms with Crippen LogP contribution in [0.4, 0.5) is 17.6 Å². The quantitative estimate of drug-likeness (QED) is 0.231. The zero-order chi connectivity index (χ0) is 22.0. The highest BCUT2D eigenvalue weighted by Crippen LogP contribution is 2.31. The van der Waals surface area contributed by atoms with Crippen molar-refractivity contribution in [2.45, 2.75) is 45.4 Å². The van der Waals surface area contributed by atoms with Gasteiger partial charge in [-0.25, -0.2) is 17.6 Å². The maximum atomic E-state index is 14.5. The zero-order valence-corrected chi connectivity index (χ0v) is 17.5. The average Bonchev–Trinajstić information content (AvgIpc) is 2.76. The first-order chi connectivity index (χ1) is 14.9. The Morgan fingerprint density at radius 1 is 0.806 bits per heavy atom. The molecule has 1 fully saturated rings. The van der Waals surface area contributed by atoms with Gasteiger partial charge >= 0.3 is 0 Å². The van der Waals surface area contributed by atoms with Gasteiger partial charge in [-0.15, -0.1) is 0 Å². The molecule has 3 aromatic rings. The van der Waals surface area contributed by atoms with Crippen LogP contribution < -0.4 is 0 Å². The molecule has 0 spiro atoms. The van der Waals surface area contributed by atoms with Crippen LogP contribution in [0, 0.1) is 46.9 Å². The first-order valence-corrected chi connectivity index (χ1v) is 10.8. The number of aryl methyl sites for hydroxylation is 1. The Bertz CT molecular complexity index is 1160. The Balaban J connectivity index is 1.47. The normalized spacial score (nSPS) is 18.6. The van der Waals surface area contributed by atoms with Crippen LogP contribution in [0.2, 0.25) is 0 Å². The number of rotatable bonds is 3. The van der Waals surface area contributed by atoms with Crippen LogP contribution in [-0.4, -0.2) is 0 Å². The largest absolute Gasteiger partial charge is 0.206 e. The fraction of sp³-hybridized carbons (Fsp3) is 0.333. The molecule has 0 amide bonds. The van der Waals surface area contributed by atoms with Gasteiger partial charge in [0, 0.05) is 10.9 Å². The van der Waals surface area contributed by atoms with Crippen LogP contribution in [0.3, 0.4) is 0 Å². The van der Waals surface area contributed by atoms with E-state index in [0.29, 0.717) is 5.56 Å². The second kappa shape index (κ2) is 9.14. The maximum absolute atomic E-state index is 14.5. The first-order valence-electron chi connectivity index (χ1n) is 10.8. The van der Waals surface area contributed by atoms with E-state index >= 15 is 0 Å². The van der Waals surface area contributed by atoms with E-state index in [4.69, 9.17) is 0 Å². The van der Waals surface area contributed by atoms with Gasteiger partial charge < -0.3 is 0 Å². The lowest BCUT2D eigenvalue weighted by atomic mass is 9.80. The van der Waals surface area contributed by atoms with Crippen LogP contribution in [0.15, 0.2) is 42.5 Å². The van der Waals surface area contributed by atoms with Crippen molar-refractivity contribution in [2.24, 2.45) is 11.8 Å². The van der Waals surface area contributed by atoms with Gasteiger partial charge in [0.2, 0.25) is 0 Å². The summed E-state index contributed by atoms with van der Waals surface area (Å²) in [5, 5.41) is 0.184. The molecule has 0 unspecified atom stereocenters. The SMILES string of the molecule is CC1CCC(CCc2ccc(C#Cc3ccc4c(F)c(F)c(F)cc4c3)c(F)c2)CC1.